The zero-order chi connectivity index (χ0) is 6.85. The van der Waals surface area contributed by atoms with Gasteiger partial charge in [0.25, 0.3) is 0 Å². The third kappa shape index (κ3) is 0.872. The maximum absolute atomic E-state index is 10.1. The molecule has 1 atom stereocenters. The molecule has 0 radical (unpaired) electrons. The van der Waals surface area contributed by atoms with Crippen LogP contribution in [0.25, 0.3) is 0 Å². The van der Waals surface area contributed by atoms with E-state index in [9.17, 15) is 9.59 Å². The molecule has 0 aromatic rings. The van der Waals surface area contributed by atoms with Crippen LogP contribution in [0.15, 0.2) is 0 Å². The highest BCUT2D eigenvalue weighted by atomic mass is 16.4. The van der Waals surface area contributed by atoms with Gasteiger partial charge in [-0.2, -0.15) is 0 Å². The zero-order valence-electron chi connectivity index (χ0n) is 4.78. The zero-order valence-corrected chi connectivity index (χ0v) is 4.78. The Labute approximate surface area is 52.1 Å². The van der Waals surface area contributed by atoms with Crippen molar-refractivity contribution in [3.05, 3.63) is 0 Å². The number of nitrogens with zero attached hydrogens (tertiary/aromatic N) is 1. The van der Waals surface area contributed by atoms with Crippen molar-refractivity contribution in [1.82, 2.24) is 4.90 Å². The fourth-order valence-corrected chi connectivity index (χ4v) is 0.786. The van der Waals surface area contributed by atoms with E-state index in [0.717, 1.165) is 4.90 Å². The summed E-state index contributed by atoms with van der Waals surface area (Å²) in [6.07, 6.45) is 0.339. The Kier molecular flexibility index (Phi) is 1.38. The molecule has 4 nitrogen and oxygen atoms in total. The fourth-order valence-electron chi connectivity index (χ4n) is 0.786. The number of carboxylic acid groups (broad SMARTS) is 1. The van der Waals surface area contributed by atoms with E-state index in [-0.39, 0.29) is 6.04 Å². The predicted octanol–water partition coefficient (Wildman–Crippen LogP) is -0.0624. The maximum Gasteiger partial charge on any atom is 0.407 e. The van der Waals surface area contributed by atoms with E-state index < -0.39 is 6.09 Å². The quantitative estimate of drug-likeness (QED) is 0.504. The van der Waals surface area contributed by atoms with E-state index in [4.69, 9.17) is 5.11 Å². The van der Waals surface area contributed by atoms with Gasteiger partial charge in [-0.25, -0.2) is 4.79 Å². The number of aldehydes is 1. The van der Waals surface area contributed by atoms with Gasteiger partial charge in [-0.1, -0.05) is 0 Å². The fraction of sp³-hybridized carbons (Fsp3) is 0.600. The maximum atomic E-state index is 10.1. The Balaban J connectivity index is 2.44. The molecule has 0 unspecified atom stereocenters. The second-order valence-corrected chi connectivity index (χ2v) is 1.97. The molecule has 0 aliphatic carbocycles. The molecule has 0 saturated carbocycles. The summed E-state index contributed by atoms with van der Waals surface area (Å²) in [6, 6.07) is -0.373. The topological polar surface area (TPSA) is 57.6 Å². The lowest BCUT2D eigenvalue weighted by atomic mass is 10.1. The number of carbonyl (C=O) groups is 2. The molecule has 1 heterocycles. The van der Waals surface area contributed by atoms with Gasteiger partial charge in [-0.05, 0) is 6.42 Å². The molecule has 0 aromatic heterocycles. The van der Waals surface area contributed by atoms with Gasteiger partial charge in [-0.15, -0.1) is 0 Å². The third-order valence-corrected chi connectivity index (χ3v) is 1.47. The van der Waals surface area contributed by atoms with Crippen LogP contribution in [0.5, 0.6) is 0 Å². The molecule has 0 bridgehead atoms. The van der Waals surface area contributed by atoms with Crippen LogP contribution in [-0.2, 0) is 4.79 Å². The van der Waals surface area contributed by atoms with Crippen LogP contribution in [0.3, 0.4) is 0 Å². The van der Waals surface area contributed by atoms with Crippen LogP contribution in [0.1, 0.15) is 6.42 Å². The largest absolute Gasteiger partial charge is 0.465 e. The number of carbonyl (C=O) groups excluding carboxylic acids is 1. The average Bonchev–Trinajstić information content (AvgIpc) is 1.61. The Bertz CT molecular complexity index is 145. The molecule has 1 amide bonds. The predicted molar refractivity (Wildman–Crippen MR) is 29.2 cm³/mol. The molecule has 0 spiro atoms. The van der Waals surface area contributed by atoms with Crippen molar-refractivity contribution in [2.24, 2.45) is 0 Å². The molecule has 1 N–H and O–H groups in total. The van der Waals surface area contributed by atoms with Gasteiger partial charge in [0.15, 0.2) is 0 Å². The SMILES string of the molecule is O=C[C@H]1CCN1C(=O)O. The van der Waals surface area contributed by atoms with Crippen LogP contribution in [0.2, 0.25) is 0 Å². The van der Waals surface area contributed by atoms with Gasteiger partial charge in [0.2, 0.25) is 0 Å². The monoisotopic (exact) mass is 129 g/mol. The Morgan fingerprint density at radius 1 is 1.78 bits per heavy atom. The van der Waals surface area contributed by atoms with Crippen molar-refractivity contribution in [3.8, 4) is 0 Å². The molecule has 50 valence electrons. The lowest BCUT2D eigenvalue weighted by Gasteiger charge is -2.34. The summed E-state index contributed by atoms with van der Waals surface area (Å²) in [5.74, 6) is 0. The summed E-state index contributed by atoms with van der Waals surface area (Å²) in [7, 11) is 0. The van der Waals surface area contributed by atoms with Crippen LogP contribution in [0, 0.1) is 0 Å². The van der Waals surface area contributed by atoms with E-state index >= 15 is 0 Å². The van der Waals surface area contributed by atoms with Crippen molar-refractivity contribution >= 4 is 12.4 Å². The minimum Gasteiger partial charge on any atom is -0.465 e. The lowest BCUT2D eigenvalue weighted by Crippen LogP contribution is -2.51. The molecule has 1 rings (SSSR count). The number of amides is 1. The first-order valence-electron chi connectivity index (χ1n) is 2.70. The standard InChI is InChI=1S/C5H7NO3/c7-3-4-1-2-6(4)5(8)9/h3-4H,1-2H2,(H,8,9)/t4-/m1/s1. The van der Waals surface area contributed by atoms with Crippen LogP contribution >= 0.6 is 0 Å². The Morgan fingerprint density at radius 3 is 2.56 bits per heavy atom. The van der Waals surface area contributed by atoms with Gasteiger partial charge < -0.3 is 9.90 Å². The van der Waals surface area contributed by atoms with Crippen LogP contribution < -0.4 is 0 Å². The molecule has 9 heavy (non-hydrogen) atoms. The summed E-state index contributed by atoms with van der Waals surface area (Å²) >= 11 is 0. The number of hydrogen-bond acceptors (Lipinski definition) is 2. The van der Waals surface area contributed by atoms with Crippen molar-refractivity contribution in [1.29, 1.82) is 0 Å². The number of hydrogen-bond donors (Lipinski definition) is 1. The Morgan fingerprint density at radius 2 is 2.44 bits per heavy atom. The first-order chi connectivity index (χ1) is 4.25. The normalized spacial score (nSPS) is 24.9. The first kappa shape index (κ1) is 6.07. The highest BCUT2D eigenvalue weighted by Gasteiger charge is 2.31. The van der Waals surface area contributed by atoms with Gasteiger partial charge in [0.05, 0.1) is 6.04 Å². The van der Waals surface area contributed by atoms with E-state index in [2.05, 4.69) is 0 Å². The van der Waals surface area contributed by atoms with Gasteiger partial charge in [0.1, 0.15) is 6.29 Å². The summed E-state index contributed by atoms with van der Waals surface area (Å²) in [4.78, 5) is 21.2. The second-order valence-electron chi connectivity index (χ2n) is 1.97. The van der Waals surface area contributed by atoms with E-state index in [1.165, 1.54) is 0 Å². The summed E-state index contributed by atoms with van der Waals surface area (Å²) in [6.45, 7) is 0.499. The van der Waals surface area contributed by atoms with Crippen molar-refractivity contribution in [2.75, 3.05) is 6.54 Å². The van der Waals surface area contributed by atoms with Crippen molar-refractivity contribution in [3.63, 3.8) is 0 Å². The van der Waals surface area contributed by atoms with E-state index in [0.29, 0.717) is 19.3 Å². The number of likely N-dealkylation sites (tertiary alicyclic amines) is 1. The van der Waals surface area contributed by atoms with Gasteiger partial charge in [0, 0.05) is 6.54 Å². The summed E-state index contributed by atoms with van der Waals surface area (Å²) in [5.41, 5.74) is 0. The minimum absolute atomic E-state index is 0.373. The van der Waals surface area contributed by atoms with Gasteiger partial charge in [-0.3, -0.25) is 4.90 Å². The highest BCUT2D eigenvalue weighted by Crippen LogP contribution is 2.13. The number of rotatable bonds is 1. The molecule has 0 aromatic carbocycles. The summed E-state index contributed by atoms with van der Waals surface area (Å²) < 4.78 is 0. The third-order valence-electron chi connectivity index (χ3n) is 1.47. The van der Waals surface area contributed by atoms with Crippen molar-refractivity contribution < 1.29 is 14.7 Å². The van der Waals surface area contributed by atoms with Crippen LogP contribution in [0.4, 0.5) is 4.79 Å². The van der Waals surface area contributed by atoms with E-state index in [1.807, 2.05) is 0 Å². The van der Waals surface area contributed by atoms with E-state index in [1.54, 1.807) is 0 Å². The molecule has 1 aliphatic rings. The lowest BCUT2D eigenvalue weighted by molar-refractivity contribution is -0.115. The molecular weight excluding hydrogens is 122 g/mol. The van der Waals surface area contributed by atoms with Crippen LogP contribution in [-0.4, -0.2) is 35.0 Å². The smallest absolute Gasteiger partial charge is 0.407 e. The molecule has 1 saturated heterocycles. The minimum atomic E-state index is -1.00. The van der Waals surface area contributed by atoms with Gasteiger partial charge >= 0.3 is 6.09 Å². The Hall–Kier alpha value is -1.06. The molecule has 1 fully saturated rings. The summed E-state index contributed by atoms with van der Waals surface area (Å²) in [5, 5.41) is 8.30. The molecular formula is C5H7NO3. The van der Waals surface area contributed by atoms with Crippen molar-refractivity contribution in [2.45, 2.75) is 12.5 Å². The molecule has 1 aliphatic heterocycles. The first-order valence-corrected chi connectivity index (χ1v) is 2.70. The second kappa shape index (κ2) is 2.05. The molecule has 4 heteroatoms. The average molecular weight is 129 g/mol. The highest BCUT2D eigenvalue weighted by molar-refractivity contribution is 5.73.